The van der Waals surface area contributed by atoms with Crippen LogP contribution in [-0.2, 0) is 33.2 Å². The van der Waals surface area contributed by atoms with Gasteiger partial charge in [-0.2, -0.15) is 0 Å². The standard InChI is InChI=1S/C69H123NO18/c1-3-5-7-9-11-12-13-14-15-16-17-18-19-20-21-22-23-24-25-26-27-28-29-30-31-32-33-34-35-36-37-38-39-40-41-43-45-47-57(75)70-52(53(74)46-44-42-10-8-6-4-2)51-83-67-63(81)60(78)65(55(49-72)85-67)88-69-64(82)61(79)66(56(50-73)86-69)87-68-62(80)59(77)58(76)54(48-71)84-68/h5,7,11-12,14-15,17-18,20-21,52-56,58-69,71-74,76-82H,3-4,6,8-10,13,16,19,22-51H2,1-2H3,(H,70,75)/b7-5-,12-11-,15-14-,18-17-,21-20-. The highest BCUT2D eigenvalue weighted by molar-refractivity contribution is 5.76. The molecule has 0 aromatic carbocycles. The molecule has 19 heteroatoms. The van der Waals surface area contributed by atoms with Crippen LogP contribution in [0.1, 0.15) is 239 Å². The number of aliphatic hydroxyl groups is 11. The Morgan fingerprint density at radius 1 is 0.420 bits per heavy atom. The maximum absolute atomic E-state index is 13.3. The van der Waals surface area contributed by atoms with Crippen molar-refractivity contribution >= 4 is 5.91 Å². The van der Waals surface area contributed by atoms with Crippen LogP contribution in [-0.4, -0.2) is 193 Å². The van der Waals surface area contributed by atoms with Crippen LogP contribution in [0.2, 0.25) is 0 Å². The lowest BCUT2D eigenvalue weighted by Gasteiger charge is -2.48. The number of rotatable bonds is 52. The van der Waals surface area contributed by atoms with E-state index < -0.39 is 124 Å². The van der Waals surface area contributed by atoms with Gasteiger partial charge in [0.1, 0.15) is 73.2 Å². The molecule has 0 bridgehead atoms. The summed E-state index contributed by atoms with van der Waals surface area (Å²) in [6, 6.07) is -0.883. The molecule has 0 radical (unpaired) electrons. The van der Waals surface area contributed by atoms with E-state index in [9.17, 15) is 61.0 Å². The van der Waals surface area contributed by atoms with Gasteiger partial charge >= 0.3 is 0 Å². The van der Waals surface area contributed by atoms with E-state index in [0.29, 0.717) is 12.8 Å². The van der Waals surface area contributed by atoms with Gasteiger partial charge in [0.15, 0.2) is 18.9 Å². The zero-order valence-electron chi connectivity index (χ0n) is 53.9. The van der Waals surface area contributed by atoms with Gasteiger partial charge in [-0.3, -0.25) is 4.79 Å². The SMILES string of the molecule is CC/C=C\C/C=C\C/C=C\C/C=C\C/C=C\CCCCCCCCCCCCCCCCCCCCCCCC(=O)NC(COC1OC(CO)C(OC2OC(CO)C(OC3OC(CO)C(O)C(O)C3O)C(O)C2O)C(O)C1O)C(O)CCCCCCCC. The molecule has 88 heavy (non-hydrogen) atoms. The second-order valence-electron chi connectivity index (χ2n) is 24.6. The van der Waals surface area contributed by atoms with Gasteiger partial charge in [-0.15, -0.1) is 0 Å². The summed E-state index contributed by atoms with van der Waals surface area (Å²) in [4.78, 5) is 13.3. The van der Waals surface area contributed by atoms with Crippen LogP contribution >= 0.6 is 0 Å². The molecule has 3 rings (SSSR count). The Morgan fingerprint density at radius 3 is 1.23 bits per heavy atom. The first kappa shape index (κ1) is 79.7. The van der Waals surface area contributed by atoms with Crippen LogP contribution in [0.5, 0.6) is 0 Å². The molecule has 3 aliphatic heterocycles. The zero-order valence-corrected chi connectivity index (χ0v) is 53.9. The van der Waals surface area contributed by atoms with Crippen molar-refractivity contribution in [2.24, 2.45) is 0 Å². The van der Waals surface area contributed by atoms with Crippen LogP contribution in [0.25, 0.3) is 0 Å². The van der Waals surface area contributed by atoms with Crippen molar-refractivity contribution in [1.82, 2.24) is 5.32 Å². The number of nitrogens with one attached hydrogen (secondary N) is 1. The number of aliphatic hydroxyl groups excluding tert-OH is 11. The van der Waals surface area contributed by atoms with E-state index in [1.165, 1.54) is 116 Å². The van der Waals surface area contributed by atoms with Crippen molar-refractivity contribution in [3.8, 4) is 0 Å². The molecule has 1 amide bonds. The van der Waals surface area contributed by atoms with Gasteiger partial charge in [-0.25, -0.2) is 0 Å². The van der Waals surface area contributed by atoms with Crippen molar-refractivity contribution in [2.45, 2.75) is 343 Å². The lowest BCUT2D eigenvalue weighted by atomic mass is 9.96. The van der Waals surface area contributed by atoms with Crippen molar-refractivity contribution < 1.29 is 89.4 Å². The van der Waals surface area contributed by atoms with E-state index in [1.807, 2.05) is 0 Å². The Morgan fingerprint density at radius 2 is 0.784 bits per heavy atom. The highest BCUT2D eigenvalue weighted by atomic mass is 16.8. The minimum Gasteiger partial charge on any atom is -0.394 e. The molecule has 3 fully saturated rings. The van der Waals surface area contributed by atoms with E-state index in [4.69, 9.17) is 28.4 Å². The molecule has 19 nitrogen and oxygen atoms in total. The predicted molar refractivity (Wildman–Crippen MR) is 342 cm³/mol. The lowest BCUT2D eigenvalue weighted by molar-refractivity contribution is -0.379. The minimum absolute atomic E-state index is 0.247. The topological polar surface area (TPSA) is 307 Å². The van der Waals surface area contributed by atoms with Gasteiger partial charge < -0.3 is 89.9 Å². The molecule has 0 aromatic rings. The number of unbranched alkanes of at least 4 members (excludes halogenated alkanes) is 26. The average molecular weight is 1250 g/mol. The van der Waals surface area contributed by atoms with E-state index in [1.54, 1.807) is 0 Å². The summed E-state index contributed by atoms with van der Waals surface area (Å²) in [6.07, 6.45) is 35.4. The Bertz CT molecular complexity index is 1830. The largest absolute Gasteiger partial charge is 0.394 e. The van der Waals surface area contributed by atoms with Crippen molar-refractivity contribution in [3.63, 3.8) is 0 Å². The summed E-state index contributed by atoms with van der Waals surface area (Å²) in [5.41, 5.74) is 0. The van der Waals surface area contributed by atoms with E-state index in [2.05, 4.69) is 79.9 Å². The van der Waals surface area contributed by atoms with Crippen LogP contribution in [0.15, 0.2) is 60.8 Å². The highest BCUT2D eigenvalue weighted by Crippen LogP contribution is 2.33. The summed E-state index contributed by atoms with van der Waals surface area (Å²) in [6.45, 7) is 1.60. The molecule has 3 saturated heterocycles. The summed E-state index contributed by atoms with van der Waals surface area (Å²) in [5, 5.41) is 120. The summed E-state index contributed by atoms with van der Waals surface area (Å²) in [5.74, 6) is -0.247. The van der Waals surface area contributed by atoms with Crippen molar-refractivity contribution in [3.05, 3.63) is 60.8 Å². The first-order chi connectivity index (χ1) is 42.8. The molecule has 512 valence electrons. The molecule has 0 aliphatic carbocycles. The van der Waals surface area contributed by atoms with Gasteiger partial charge in [0, 0.05) is 6.42 Å². The predicted octanol–water partition coefficient (Wildman–Crippen LogP) is 8.77. The number of hydrogen-bond acceptors (Lipinski definition) is 18. The van der Waals surface area contributed by atoms with Gasteiger partial charge in [0.05, 0.1) is 38.6 Å². The molecule has 0 spiro atoms. The van der Waals surface area contributed by atoms with E-state index in [0.717, 1.165) is 89.9 Å². The number of carbonyl (C=O) groups is 1. The fourth-order valence-electron chi connectivity index (χ4n) is 11.5. The zero-order chi connectivity index (χ0) is 64.0. The minimum atomic E-state index is -1.97. The van der Waals surface area contributed by atoms with Crippen LogP contribution in [0.4, 0.5) is 0 Å². The maximum Gasteiger partial charge on any atom is 0.220 e. The van der Waals surface area contributed by atoms with Crippen LogP contribution < -0.4 is 5.32 Å². The van der Waals surface area contributed by atoms with E-state index >= 15 is 0 Å². The van der Waals surface area contributed by atoms with Gasteiger partial charge in [-0.05, 0) is 57.8 Å². The Kier molecular flexibility index (Phi) is 46.2. The second kappa shape index (κ2) is 51.0. The molecule has 17 unspecified atom stereocenters. The normalized spacial score (nSPS) is 28.8. The van der Waals surface area contributed by atoms with Crippen LogP contribution in [0.3, 0.4) is 0 Å². The van der Waals surface area contributed by atoms with Crippen molar-refractivity contribution in [1.29, 1.82) is 0 Å². The summed E-state index contributed by atoms with van der Waals surface area (Å²) >= 11 is 0. The molecule has 3 heterocycles. The molecule has 12 N–H and O–H groups in total. The third-order valence-corrected chi connectivity index (χ3v) is 17.1. The monoisotopic (exact) mass is 1250 g/mol. The fraction of sp³-hybridized carbons (Fsp3) is 0.841. The Balaban J connectivity index is 1.25. The maximum atomic E-state index is 13.3. The molecule has 3 aliphatic rings. The lowest BCUT2D eigenvalue weighted by Crippen LogP contribution is -2.66. The Hall–Kier alpha value is -2.51. The fourth-order valence-corrected chi connectivity index (χ4v) is 11.5. The van der Waals surface area contributed by atoms with Crippen LogP contribution in [0, 0.1) is 0 Å². The van der Waals surface area contributed by atoms with Gasteiger partial charge in [0.2, 0.25) is 5.91 Å². The Labute approximate surface area is 528 Å². The summed E-state index contributed by atoms with van der Waals surface area (Å²) in [7, 11) is 0. The molecule has 0 saturated carbocycles. The molecular weight excluding hydrogens is 1130 g/mol. The number of amides is 1. The number of allylic oxidation sites excluding steroid dienone is 10. The van der Waals surface area contributed by atoms with Crippen molar-refractivity contribution in [2.75, 3.05) is 26.4 Å². The van der Waals surface area contributed by atoms with E-state index in [-0.39, 0.29) is 18.9 Å². The molecule has 0 aromatic heterocycles. The molecule has 17 atom stereocenters. The molecular formula is C69H123NO18. The number of ether oxygens (including phenoxy) is 6. The second-order valence-corrected chi connectivity index (χ2v) is 24.6. The first-order valence-corrected chi connectivity index (χ1v) is 34.5. The first-order valence-electron chi connectivity index (χ1n) is 34.5. The summed E-state index contributed by atoms with van der Waals surface area (Å²) < 4.78 is 34.2. The quantitative estimate of drug-likeness (QED) is 0.0200. The average Bonchev–Trinajstić information content (AvgIpc) is 0.949. The highest BCUT2D eigenvalue weighted by Gasteiger charge is 2.53. The third-order valence-electron chi connectivity index (χ3n) is 17.1. The number of carbonyl (C=O) groups excluding carboxylic acids is 1. The third kappa shape index (κ3) is 32.9. The van der Waals surface area contributed by atoms with Gasteiger partial charge in [0.25, 0.3) is 0 Å². The smallest absolute Gasteiger partial charge is 0.220 e. The van der Waals surface area contributed by atoms with Gasteiger partial charge in [-0.1, -0.05) is 235 Å². The number of hydrogen-bond donors (Lipinski definition) is 12.